The molecule has 0 aliphatic rings. The summed E-state index contributed by atoms with van der Waals surface area (Å²) < 4.78 is 0. The molecule has 1 nitrogen and oxygen atoms in total. The molecule has 1 aromatic heterocycles. The summed E-state index contributed by atoms with van der Waals surface area (Å²) in [6.45, 7) is 8.31. The summed E-state index contributed by atoms with van der Waals surface area (Å²) in [5, 5.41) is 0.0757. The molecule has 0 aromatic carbocycles. The molecule has 1 unspecified atom stereocenters. The van der Waals surface area contributed by atoms with Crippen molar-refractivity contribution in [3.63, 3.8) is 0 Å². The maximum Gasteiger partial charge on any atom is 0.0623 e. The van der Waals surface area contributed by atoms with E-state index in [1.54, 1.807) is 0 Å². The summed E-state index contributed by atoms with van der Waals surface area (Å²) in [6, 6.07) is 2.12. The normalized spacial score (nSPS) is 13.4. The molecule has 0 fully saturated rings. The zero-order valence-electron chi connectivity index (χ0n) is 8.63. The highest BCUT2D eigenvalue weighted by Gasteiger charge is 2.12. The van der Waals surface area contributed by atoms with E-state index < -0.39 is 0 Å². The standard InChI is InChI=1S/C11H16ClN/c1-7(2)11(12)10-5-8(3)9(4)13-6-10/h5-7,11H,1-4H3. The predicted octanol–water partition coefficient (Wildman–Crippen LogP) is 3.63. The lowest BCUT2D eigenvalue weighted by Crippen LogP contribution is -2.01. The molecule has 0 saturated heterocycles. The Morgan fingerprint density at radius 2 is 1.92 bits per heavy atom. The summed E-state index contributed by atoms with van der Waals surface area (Å²) in [7, 11) is 0. The number of pyridine rings is 1. The number of nitrogens with zero attached hydrogens (tertiary/aromatic N) is 1. The Hall–Kier alpha value is -0.560. The van der Waals surface area contributed by atoms with Crippen LogP contribution in [0, 0.1) is 19.8 Å². The van der Waals surface area contributed by atoms with E-state index in [9.17, 15) is 0 Å². The van der Waals surface area contributed by atoms with Crippen molar-refractivity contribution in [2.75, 3.05) is 0 Å². The molecule has 1 aromatic rings. The van der Waals surface area contributed by atoms with Crippen molar-refractivity contribution in [3.8, 4) is 0 Å². The van der Waals surface area contributed by atoms with Crippen LogP contribution < -0.4 is 0 Å². The molecule has 0 saturated carbocycles. The molecule has 0 N–H and O–H groups in total. The first kappa shape index (κ1) is 10.5. The topological polar surface area (TPSA) is 12.9 Å². The summed E-state index contributed by atoms with van der Waals surface area (Å²) in [5.74, 6) is 0.450. The second-order valence-electron chi connectivity index (χ2n) is 3.82. The van der Waals surface area contributed by atoms with Gasteiger partial charge in [-0.2, -0.15) is 0 Å². The first-order valence-electron chi connectivity index (χ1n) is 4.59. The average molecular weight is 198 g/mol. The predicted molar refractivity (Wildman–Crippen MR) is 57.1 cm³/mol. The van der Waals surface area contributed by atoms with E-state index in [4.69, 9.17) is 11.6 Å². The first-order valence-corrected chi connectivity index (χ1v) is 5.03. The van der Waals surface area contributed by atoms with Crippen LogP contribution in [0.25, 0.3) is 0 Å². The number of hydrogen-bond donors (Lipinski definition) is 0. The van der Waals surface area contributed by atoms with Gasteiger partial charge in [-0.3, -0.25) is 4.98 Å². The monoisotopic (exact) mass is 197 g/mol. The van der Waals surface area contributed by atoms with Gasteiger partial charge in [-0.25, -0.2) is 0 Å². The van der Waals surface area contributed by atoms with Crippen LogP contribution in [0.4, 0.5) is 0 Å². The van der Waals surface area contributed by atoms with E-state index in [2.05, 4.69) is 31.8 Å². The largest absolute Gasteiger partial charge is 0.261 e. The van der Waals surface area contributed by atoms with Crippen LogP contribution in [0.15, 0.2) is 12.3 Å². The third-order valence-electron chi connectivity index (χ3n) is 2.26. The zero-order valence-corrected chi connectivity index (χ0v) is 9.39. The maximum atomic E-state index is 6.23. The van der Waals surface area contributed by atoms with Crippen molar-refractivity contribution < 1.29 is 0 Å². The van der Waals surface area contributed by atoms with Crippen molar-refractivity contribution in [1.29, 1.82) is 0 Å². The Bertz CT molecular complexity index is 294. The van der Waals surface area contributed by atoms with E-state index in [1.807, 2.05) is 13.1 Å². The Balaban J connectivity index is 2.97. The molecule has 0 aliphatic heterocycles. The fourth-order valence-corrected chi connectivity index (χ4v) is 1.32. The fraction of sp³-hybridized carbons (Fsp3) is 0.545. The molecule has 0 radical (unpaired) electrons. The van der Waals surface area contributed by atoms with E-state index in [0.29, 0.717) is 5.92 Å². The van der Waals surface area contributed by atoms with Crippen LogP contribution in [0.5, 0.6) is 0 Å². The number of alkyl halides is 1. The third-order valence-corrected chi connectivity index (χ3v) is 3.02. The minimum atomic E-state index is 0.0757. The fourth-order valence-electron chi connectivity index (χ4n) is 1.20. The Morgan fingerprint density at radius 3 is 2.38 bits per heavy atom. The van der Waals surface area contributed by atoms with Gasteiger partial charge in [0.1, 0.15) is 0 Å². The van der Waals surface area contributed by atoms with Gasteiger partial charge in [0.2, 0.25) is 0 Å². The second-order valence-corrected chi connectivity index (χ2v) is 4.29. The highest BCUT2D eigenvalue weighted by atomic mass is 35.5. The lowest BCUT2D eigenvalue weighted by Gasteiger charge is -2.14. The molecular formula is C11H16ClN. The summed E-state index contributed by atoms with van der Waals surface area (Å²) in [4.78, 5) is 4.30. The summed E-state index contributed by atoms with van der Waals surface area (Å²) in [5.41, 5.74) is 3.42. The molecule has 1 atom stereocenters. The number of aromatic nitrogens is 1. The van der Waals surface area contributed by atoms with Crippen LogP contribution in [-0.4, -0.2) is 4.98 Å². The van der Waals surface area contributed by atoms with Gasteiger partial charge in [-0.1, -0.05) is 19.9 Å². The minimum absolute atomic E-state index is 0.0757. The molecule has 2 heteroatoms. The summed E-state index contributed by atoms with van der Waals surface area (Å²) in [6.07, 6.45) is 1.88. The van der Waals surface area contributed by atoms with Gasteiger partial charge < -0.3 is 0 Å². The average Bonchev–Trinajstić information content (AvgIpc) is 2.08. The zero-order chi connectivity index (χ0) is 10.0. The third kappa shape index (κ3) is 2.44. The molecule has 0 aliphatic carbocycles. The van der Waals surface area contributed by atoms with E-state index in [1.165, 1.54) is 5.56 Å². The minimum Gasteiger partial charge on any atom is -0.261 e. The quantitative estimate of drug-likeness (QED) is 0.660. The van der Waals surface area contributed by atoms with Gasteiger partial charge in [-0.15, -0.1) is 11.6 Å². The van der Waals surface area contributed by atoms with Crippen LogP contribution in [0.3, 0.4) is 0 Å². The van der Waals surface area contributed by atoms with Crippen molar-refractivity contribution in [3.05, 3.63) is 29.1 Å². The molecule has 13 heavy (non-hydrogen) atoms. The molecule has 0 bridgehead atoms. The van der Waals surface area contributed by atoms with Gasteiger partial charge in [0.25, 0.3) is 0 Å². The Morgan fingerprint density at radius 1 is 1.31 bits per heavy atom. The lowest BCUT2D eigenvalue weighted by molar-refractivity contribution is 0.622. The van der Waals surface area contributed by atoms with Gasteiger partial charge in [0.15, 0.2) is 0 Å². The Kier molecular flexibility index (Phi) is 3.32. The van der Waals surface area contributed by atoms with Crippen molar-refractivity contribution in [2.24, 2.45) is 5.92 Å². The first-order chi connectivity index (χ1) is 6.02. The van der Waals surface area contributed by atoms with Crippen molar-refractivity contribution in [2.45, 2.75) is 33.1 Å². The Labute approximate surface area is 85.1 Å². The van der Waals surface area contributed by atoms with E-state index >= 15 is 0 Å². The second kappa shape index (κ2) is 4.10. The molecular weight excluding hydrogens is 182 g/mol. The number of halogens is 1. The van der Waals surface area contributed by atoms with E-state index in [-0.39, 0.29) is 5.38 Å². The maximum absolute atomic E-state index is 6.23. The lowest BCUT2D eigenvalue weighted by atomic mass is 10.0. The van der Waals surface area contributed by atoms with Gasteiger partial charge >= 0.3 is 0 Å². The highest BCUT2D eigenvalue weighted by Crippen LogP contribution is 2.28. The number of aryl methyl sites for hydroxylation is 2. The van der Waals surface area contributed by atoms with E-state index in [0.717, 1.165) is 11.3 Å². The molecule has 1 heterocycles. The van der Waals surface area contributed by atoms with Crippen LogP contribution in [0.2, 0.25) is 0 Å². The summed E-state index contributed by atoms with van der Waals surface area (Å²) >= 11 is 6.23. The molecule has 72 valence electrons. The molecule has 0 spiro atoms. The molecule has 1 rings (SSSR count). The SMILES string of the molecule is Cc1cc(C(Cl)C(C)C)cnc1C. The van der Waals surface area contributed by atoms with Crippen molar-refractivity contribution in [1.82, 2.24) is 4.98 Å². The highest BCUT2D eigenvalue weighted by molar-refractivity contribution is 6.20. The van der Waals surface area contributed by atoms with Gasteiger partial charge in [-0.05, 0) is 30.9 Å². The van der Waals surface area contributed by atoms with Gasteiger partial charge in [0, 0.05) is 11.9 Å². The smallest absolute Gasteiger partial charge is 0.0623 e. The van der Waals surface area contributed by atoms with Crippen LogP contribution >= 0.6 is 11.6 Å². The number of hydrogen-bond acceptors (Lipinski definition) is 1. The molecule has 0 amide bonds. The number of rotatable bonds is 2. The van der Waals surface area contributed by atoms with Gasteiger partial charge in [0.05, 0.1) is 5.38 Å². The van der Waals surface area contributed by atoms with Crippen LogP contribution in [-0.2, 0) is 0 Å². The van der Waals surface area contributed by atoms with Crippen molar-refractivity contribution >= 4 is 11.6 Å². The van der Waals surface area contributed by atoms with Crippen LogP contribution in [0.1, 0.15) is 36.0 Å².